The lowest BCUT2D eigenvalue weighted by atomic mass is 9.99. The topological polar surface area (TPSA) is 84.7 Å². The van der Waals surface area contributed by atoms with Crippen molar-refractivity contribution in [1.82, 2.24) is 0 Å². The van der Waals surface area contributed by atoms with Crippen molar-refractivity contribution >= 4 is 40.6 Å². The van der Waals surface area contributed by atoms with E-state index in [1.807, 2.05) is 0 Å². The molecule has 1 heterocycles. The lowest BCUT2D eigenvalue weighted by Crippen LogP contribution is -2.36. The van der Waals surface area contributed by atoms with Crippen LogP contribution >= 0.6 is 23.2 Å². The first-order valence-corrected chi connectivity index (χ1v) is 8.10. The van der Waals surface area contributed by atoms with Crippen molar-refractivity contribution in [3.05, 3.63) is 75.0 Å². The molecule has 1 aliphatic heterocycles. The number of hydrogen-bond donors (Lipinski definition) is 2. The molecule has 9 heteroatoms. The van der Waals surface area contributed by atoms with E-state index < -0.39 is 17.7 Å². The molecule has 0 aromatic heterocycles. The number of benzodiazepines with no additional fused rings is 1. The van der Waals surface area contributed by atoms with Gasteiger partial charge in [0.05, 0.1) is 39.2 Å². The first-order valence-electron chi connectivity index (χ1n) is 7.34. The van der Waals surface area contributed by atoms with E-state index in [0.717, 1.165) is 23.2 Å². The van der Waals surface area contributed by atoms with E-state index in [9.17, 15) is 13.6 Å². The van der Waals surface area contributed by atoms with Crippen LogP contribution in [0.25, 0.3) is 0 Å². The standard InChI is InChI=1S/C17H12Cl2F2N4O/c18-9-4-5-12-14(15(9)19)16(13-10(20)2-1-3-11(13)21)24-7-8(6-22)25(12)17(23)26/h1-6H,7,22H2,(H2,23,26)/b8-6-. The zero-order valence-corrected chi connectivity index (χ0v) is 14.7. The lowest BCUT2D eigenvalue weighted by molar-refractivity contribution is 0.255. The summed E-state index contributed by atoms with van der Waals surface area (Å²) in [4.78, 5) is 17.3. The summed E-state index contributed by atoms with van der Waals surface area (Å²) in [5, 5.41) is 0.106. The average molecular weight is 397 g/mol. The van der Waals surface area contributed by atoms with Gasteiger partial charge in [-0.25, -0.2) is 13.6 Å². The third-order valence-corrected chi connectivity index (χ3v) is 4.65. The molecule has 0 aliphatic carbocycles. The second kappa shape index (κ2) is 6.93. The third-order valence-electron chi connectivity index (χ3n) is 3.85. The largest absolute Gasteiger partial charge is 0.403 e. The summed E-state index contributed by atoms with van der Waals surface area (Å²) in [6.07, 6.45) is 1.14. The van der Waals surface area contributed by atoms with Gasteiger partial charge in [0.15, 0.2) is 0 Å². The number of nitrogens with two attached hydrogens (primary N) is 2. The minimum Gasteiger partial charge on any atom is -0.403 e. The van der Waals surface area contributed by atoms with Crippen LogP contribution in [0.1, 0.15) is 11.1 Å². The van der Waals surface area contributed by atoms with E-state index in [2.05, 4.69) is 4.99 Å². The summed E-state index contributed by atoms with van der Waals surface area (Å²) in [7, 11) is 0. The number of benzene rings is 2. The third kappa shape index (κ3) is 2.89. The molecule has 0 saturated heterocycles. The zero-order chi connectivity index (χ0) is 19.0. The Balaban J connectivity index is 2.41. The van der Waals surface area contributed by atoms with Gasteiger partial charge in [0.25, 0.3) is 0 Å². The quantitative estimate of drug-likeness (QED) is 0.767. The van der Waals surface area contributed by atoms with Gasteiger partial charge in [0, 0.05) is 11.8 Å². The Morgan fingerprint density at radius 3 is 2.38 bits per heavy atom. The number of nitrogens with zero attached hydrogens (tertiary/aromatic N) is 2. The Bertz CT molecular complexity index is 955. The van der Waals surface area contributed by atoms with Gasteiger partial charge < -0.3 is 11.5 Å². The predicted molar refractivity (Wildman–Crippen MR) is 97.7 cm³/mol. The number of carbonyl (C=O) groups excluding carboxylic acids is 1. The molecule has 1 aliphatic rings. The number of aliphatic imine (C=N–C) groups is 1. The number of urea groups is 1. The molecule has 4 N–H and O–H groups in total. The Morgan fingerprint density at radius 2 is 1.81 bits per heavy atom. The smallest absolute Gasteiger partial charge is 0.323 e. The molecule has 0 spiro atoms. The van der Waals surface area contributed by atoms with Crippen LogP contribution in [0.5, 0.6) is 0 Å². The van der Waals surface area contributed by atoms with Crippen LogP contribution < -0.4 is 16.4 Å². The maximum atomic E-state index is 14.4. The van der Waals surface area contributed by atoms with Gasteiger partial charge in [0.1, 0.15) is 11.6 Å². The molecule has 0 radical (unpaired) electrons. The highest BCUT2D eigenvalue weighted by atomic mass is 35.5. The van der Waals surface area contributed by atoms with Gasteiger partial charge in [-0.05, 0) is 24.3 Å². The maximum Gasteiger partial charge on any atom is 0.323 e. The van der Waals surface area contributed by atoms with Crippen LogP contribution in [-0.4, -0.2) is 18.3 Å². The van der Waals surface area contributed by atoms with Crippen LogP contribution in [0.3, 0.4) is 0 Å². The van der Waals surface area contributed by atoms with Gasteiger partial charge >= 0.3 is 6.03 Å². The number of primary amides is 1. The zero-order valence-electron chi connectivity index (χ0n) is 13.1. The van der Waals surface area contributed by atoms with Gasteiger partial charge in [-0.15, -0.1) is 0 Å². The number of halogens is 4. The molecule has 0 bridgehead atoms. The summed E-state index contributed by atoms with van der Waals surface area (Å²) in [6.45, 7) is -0.148. The van der Waals surface area contributed by atoms with Crippen LogP contribution in [0.4, 0.5) is 19.3 Å². The highest BCUT2D eigenvalue weighted by molar-refractivity contribution is 6.45. The number of anilines is 1. The molecule has 0 fully saturated rings. The summed E-state index contributed by atoms with van der Waals surface area (Å²) >= 11 is 12.4. The highest BCUT2D eigenvalue weighted by Crippen LogP contribution is 2.39. The average Bonchev–Trinajstić information content (AvgIpc) is 2.75. The molecule has 0 atom stereocenters. The fourth-order valence-electron chi connectivity index (χ4n) is 2.73. The number of hydrogen-bond acceptors (Lipinski definition) is 3. The Labute approximate surface area is 157 Å². The fraction of sp³-hybridized carbons (Fsp3) is 0.0588. The summed E-state index contributed by atoms with van der Waals surface area (Å²) in [5.41, 5.74) is 11.0. The van der Waals surface area contributed by atoms with E-state index in [1.54, 1.807) is 0 Å². The molecule has 26 heavy (non-hydrogen) atoms. The van der Waals surface area contributed by atoms with Crippen molar-refractivity contribution in [1.29, 1.82) is 0 Å². The van der Waals surface area contributed by atoms with Crippen LogP contribution in [0, 0.1) is 11.6 Å². The normalized spacial score (nSPS) is 15.5. The minimum atomic E-state index is -0.855. The van der Waals surface area contributed by atoms with Crippen molar-refractivity contribution in [3.8, 4) is 0 Å². The van der Waals surface area contributed by atoms with Crippen LogP contribution in [0.15, 0.2) is 47.2 Å². The highest BCUT2D eigenvalue weighted by Gasteiger charge is 2.31. The first kappa shape index (κ1) is 18.2. The number of rotatable bonds is 1. The Morgan fingerprint density at radius 1 is 1.15 bits per heavy atom. The molecule has 3 rings (SSSR count). The summed E-state index contributed by atoms with van der Waals surface area (Å²) < 4.78 is 28.8. The summed E-state index contributed by atoms with van der Waals surface area (Å²) in [6, 6.07) is 5.45. The molecule has 2 aromatic rings. The van der Waals surface area contributed by atoms with E-state index in [0.29, 0.717) is 0 Å². The van der Waals surface area contributed by atoms with Crippen LogP contribution in [0.2, 0.25) is 10.0 Å². The van der Waals surface area contributed by atoms with Crippen LogP contribution in [-0.2, 0) is 0 Å². The molecule has 134 valence electrons. The molecule has 5 nitrogen and oxygen atoms in total. The second-order valence-corrected chi connectivity index (χ2v) is 6.13. The Kier molecular flexibility index (Phi) is 4.84. The first-order chi connectivity index (χ1) is 12.4. The number of carbonyl (C=O) groups is 1. The predicted octanol–water partition coefficient (Wildman–Crippen LogP) is 3.81. The van der Waals surface area contributed by atoms with Gasteiger partial charge in [-0.3, -0.25) is 9.89 Å². The molecule has 0 unspecified atom stereocenters. The van der Waals surface area contributed by atoms with E-state index in [4.69, 9.17) is 34.7 Å². The van der Waals surface area contributed by atoms with E-state index >= 15 is 0 Å². The lowest BCUT2D eigenvalue weighted by Gasteiger charge is -2.23. The second-order valence-electron chi connectivity index (χ2n) is 5.35. The van der Waals surface area contributed by atoms with Crippen molar-refractivity contribution in [2.24, 2.45) is 16.5 Å². The van der Waals surface area contributed by atoms with Gasteiger partial charge in [0.2, 0.25) is 0 Å². The fourth-order valence-corrected chi connectivity index (χ4v) is 3.14. The molecule has 0 saturated carbocycles. The SMILES string of the molecule is N/C=C1/CN=C(c2c(F)cccc2F)c2c(ccc(Cl)c2Cl)N1C(N)=O. The molecule has 2 aromatic carbocycles. The minimum absolute atomic E-state index is 0.0184. The van der Waals surface area contributed by atoms with Crippen molar-refractivity contribution in [3.63, 3.8) is 0 Å². The molecular formula is C17H12Cl2F2N4O. The Hall–Kier alpha value is -2.64. The molecule has 2 amide bonds. The van der Waals surface area contributed by atoms with Gasteiger partial charge in [-0.2, -0.15) is 0 Å². The number of amides is 2. The number of fused-ring (bicyclic) bond motifs is 1. The van der Waals surface area contributed by atoms with Crippen molar-refractivity contribution < 1.29 is 13.6 Å². The van der Waals surface area contributed by atoms with E-state index in [-0.39, 0.29) is 44.8 Å². The summed E-state index contributed by atoms with van der Waals surface area (Å²) in [5.74, 6) is -1.67. The maximum absolute atomic E-state index is 14.4. The van der Waals surface area contributed by atoms with Crippen molar-refractivity contribution in [2.45, 2.75) is 0 Å². The van der Waals surface area contributed by atoms with E-state index in [1.165, 1.54) is 18.2 Å². The van der Waals surface area contributed by atoms with Gasteiger partial charge in [-0.1, -0.05) is 29.3 Å². The monoisotopic (exact) mass is 396 g/mol. The van der Waals surface area contributed by atoms with Crippen molar-refractivity contribution in [2.75, 3.05) is 11.4 Å². The molecular weight excluding hydrogens is 385 g/mol.